The summed E-state index contributed by atoms with van der Waals surface area (Å²) in [6, 6.07) is 8.86. The van der Waals surface area contributed by atoms with E-state index in [9.17, 15) is 0 Å². The molecule has 1 aromatic rings. The maximum Gasteiger partial charge on any atom is 0.0414 e. The summed E-state index contributed by atoms with van der Waals surface area (Å²) in [6.07, 6.45) is 1.19. The molecular formula is C13H21N3. The van der Waals surface area contributed by atoms with Crippen LogP contribution in [-0.4, -0.2) is 37.6 Å². The first kappa shape index (κ1) is 11.3. The molecule has 16 heavy (non-hydrogen) atoms. The summed E-state index contributed by atoms with van der Waals surface area (Å²) in [5.74, 6) is 0. The van der Waals surface area contributed by atoms with Gasteiger partial charge in [-0.1, -0.05) is 6.92 Å². The molecule has 0 unspecified atom stereocenters. The van der Waals surface area contributed by atoms with Crippen LogP contribution in [0.15, 0.2) is 24.3 Å². The molecule has 1 aromatic carbocycles. The van der Waals surface area contributed by atoms with E-state index in [4.69, 9.17) is 5.73 Å². The van der Waals surface area contributed by atoms with Crippen molar-refractivity contribution >= 4 is 11.4 Å². The van der Waals surface area contributed by atoms with Crippen molar-refractivity contribution in [3.8, 4) is 0 Å². The van der Waals surface area contributed by atoms with E-state index in [2.05, 4.69) is 35.9 Å². The molecule has 2 N–H and O–H groups in total. The third-order valence-electron chi connectivity index (χ3n) is 3.38. The monoisotopic (exact) mass is 219 g/mol. The molecule has 1 fully saturated rings. The number of hydrogen-bond acceptors (Lipinski definition) is 3. The first-order chi connectivity index (χ1) is 7.70. The van der Waals surface area contributed by atoms with Gasteiger partial charge in [0, 0.05) is 37.1 Å². The summed E-state index contributed by atoms with van der Waals surface area (Å²) in [5, 5.41) is 0. The minimum Gasteiger partial charge on any atom is -0.399 e. The Morgan fingerprint density at radius 3 is 2.56 bits per heavy atom. The second-order valence-electron chi connectivity index (χ2n) is 4.61. The number of anilines is 2. The smallest absolute Gasteiger partial charge is 0.0414 e. The number of nitrogens with two attached hydrogens (primary N) is 1. The second-order valence-corrected chi connectivity index (χ2v) is 4.61. The SMILES string of the molecule is CC[C@@H]1CN(C)CCN1c1ccc(N)cc1. The fraction of sp³-hybridized carbons (Fsp3) is 0.538. The topological polar surface area (TPSA) is 32.5 Å². The molecule has 2 rings (SSSR count). The molecule has 1 saturated heterocycles. The van der Waals surface area contributed by atoms with Gasteiger partial charge in [0.05, 0.1) is 0 Å². The number of nitrogen functional groups attached to an aromatic ring is 1. The number of nitrogens with zero attached hydrogens (tertiary/aromatic N) is 2. The molecule has 1 aliphatic rings. The molecule has 0 bridgehead atoms. The van der Waals surface area contributed by atoms with Crippen LogP contribution in [0.25, 0.3) is 0 Å². The highest BCUT2D eigenvalue weighted by molar-refractivity contribution is 5.54. The van der Waals surface area contributed by atoms with Gasteiger partial charge in [0.1, 0.15) is 0 Å². The maximum atomic E-state index is 5.72. The largest absolute Gasteiger partial charge is 0.399 e. The predicted octanol–water partition coefficient (Wildman–Crippen LogP) is 1.80. The van der Waals surface area contributed by atoms with Crippen LogP contribution in [0.1, 0.15) is 13.3 Å². The van der Waals surface area contributed by atoms with Gasteiger partial charge in [-0.05, 0) is 37.7 Å². The first-order valence-corrected chi connectivity index (χ1v) is 6.01. The summed E-state index contributed by atoms with van der Waals surface area (Å²) in [7, 11) is 2.20. The van der Waals surface area contributed by atoms with Crippen molar-refractivity contribution in [2.45, 2.75) is 19.4 Å². The zero-order valence-corrected chi connectivity index (χ0v) is 10.2. The molecule has 0 spiro atoms. The maximum absolute atomic E-state index is 5.72. The second kappa shape index (κ2) is 4.74. The van der Waals surface area contributed by atoms with Crippen LogP contribution in [0.3, 0.4) is 0 Å². The molecule has 0 aromatic heterocycles. The van der Waals surface area contributed by atoms with E-state index in [1.807, 2.05) is 12.1 Å². The average molecular weight is 219 g/mol. The number of benzene rings is 1. The van der Waals surface area contributed by atoms with Crippen LogP contribution < -0.4 is 10.6 Å². The molecule has 1 heterocycles. The Hall–Kier alpha value is -1.22. The van der Waals surface area contributed by atoms with Crippen molar-refractivity contribution < 1.29 is 0 Å². The fourth-order valence-electron chi connectivity index (χ4n) is 2.37. The summed E-state index contributed by atoms with van der Waals surface area (Å²) in [5.41, 5.74) is 7.86. The lowest BCUT2D eigenvalue weighted by atomic mass is 10.1. The zero-order chi connectivity index (χ0) is 11.5. The lowest BCUT2D eigenvalue weighted by molar-refractivity contribution is 0.264. The normalized spacial score (nSPS) is 22.4. The van der Waals surface area contributed by atoms with Crippen LogP contribution in [0.4, 0.5) is 11.4 Å². The van der Waals surface area contributed by atoms with Gasteiger partial charge in [0.25, 0.3) is 0 Å². The molecule has 0 amide bonds. The Morgan fingerprint density at radius 2 is 1.94 bits per heavy atom. The number of likely N-dealkylation sites (N-methyl/N-ethyl adjacent to an activating group) is 1. The summed E-state index contributed by atoms with van der Waals surface area (Å²) in [6.45, 7) is 5.66. The van der Waals surface area contributed by atoms with Crippen LogP contribution in [0.2, 0.25) is 0 Å². The van der Waals surface area contributed by atoms with E-state index in [0.29, 0.717) is 6.04 Å². The fourth-order valence-corrected chi connectivity index (χ4v) is 2.37. The standard InChI is InChI=1S/C13H21N3/c1-3-12-10-15(2)8-9-16(12)13-6-4-11(14)5-7-13/h4-7,12H,3,8-10,14H2,1-2H3/t12-/m1/s1. The Bertz CT molecular complexity index is 334. The van der Waals surface area contributed by atoms with E-state index in [-0.39, 0.29) is 0 Å². The molecule has 88 valence electrons. The predicted molar refractivity (Wildman–Crippen MR) is 69.8 cm³/mol. The van der Waals surface area contributed by atoms with E-state index in [1.165, 1.54) is 12.1 Å². The van der Waals surface area contributed by atoms with Crippen LogP contribution in [0, 0.1) is 0 Å². The van der Waals surface area contributed by atoms with Crippen LogP contribution in [0.5, 0.6) is 0 Å². The molecule has 3 heteroatoms. The highest BCUT2D eigenvalue weighted by Gasteiger charge is 2.23. The molecule has 1 aliphatic heterocycles. The Labute approximate surface area is 97.8 Å². The lowest BCUT2D eigenvalue weighted by Crippen LogP contribution is -2.51. The molecule has 0 radical (unpaired) electrons. The van der Waals surface area contributed by atoms with Crippen LogP contribution in [-0.2, 0) is 0 Å². The van der Waals surface area contributed by atoms with Gasteiger partial charge < -0.3 is 15.5 Å². The Morgan fingerprint density at radius 1 is 1.25 bits per heavy atom. The van der Waals surface area contributed by atoms with Crippen molar-refractivity contribution in [3.05, 3.63) is 24.3 Å². The van der Waals surface area contributed by atoms with E-state index >= 15 is 0 Å². The quantitative estimate of drug-likeness (QED) is 0.770. The van der Waals surface area contributed by atoms with Crippen molar-refractivity contribution in [3.63, 3.8) is 0 Å². The number of rotatable bonds is 2. The van der Waals surface area contributed by atoms with Gasteiger partial charge >= 0.3 is 0 Å². The molecular weight excluding hydrogens is 198 g/mol. The molecule has 0 aliphatic carbocycles. The summed E-state index contributed by atoms with van der Waals surface area (Å²) in [4.78, 5) is 4.90. The Balaban J connectivity index is 2.15. The van der Waals surface area contributed by atoms with Gasteiger partial charge in [0.2, 0.25) is 0 Å². The number of hydrogen-bond donors (Lipinski definition) is 1. The van der Waals surface area contributed by atoms with Gasteiger partial charge in [0.15, 0.2) is 0 Å². The molecule has 0 saturated carbocycles. The minimum atomic E-state index is 0.627. The average Bonchev–Trinajstić information content (AvgIpc) is 2.30. The third kappa shape index (κ3) is 2.30. The van der Waals surface area contributed by atoms with Gasteiger partial charge in [-0.15, -0.1) is 0 Å². The summed E-state index contributed by atoms with van der Waals surface area (Å²) < 4.78 is 0. The first-order valence-electron chi connectivity index (χ1n) is 6.01. The number of piperazine rings is 1. The third-order valence-corrected chi connectivity index (χ3v) is 3.38. The minimum absolute atomic E-state index is 0.627. The van der Waals surface area contributed by atoms with Gasteiger partial charge in [-0.25, -0.2) is 0 Å². The van der Waals surface area contributed by atoms with Crippen molar-refractivity contribution in [1.82, 2.24) is 4.90 Å². The van der Waals surface area contributed by atoms with Crippen molar-refractivity contribution in [2.75, 3.05) is 37.3 Å². The van der Waals surface area contributed by atoms with Crippen molar-refractivity contribution in [2.24, 2.45) is 0 Å². The molecule has 1 atom stereocenters. The van der Waals surface area contributed by atoms with E-state index in [0.717, 1.165) is 25.3 Å². The molecule has 3 nitrogen and oxygen atoms in total. The van der Waals surface area contributed by atoms with E-state index in [1.54, 1.807) is 0 Å². The van der Waals surface area contributed by atoms with Crippen LogP contribution >= 0.6 is 0 Å². The Kier molecular flexibility index (Phi) is 3.34. The highest BCUT2D eigenvalue weighted by atomic mass is 15.3. The summed E-state index contributed by atoms with van der Waals surface area (Å²) >= 11 is 0. The van der Waals surface area contributed by atoms with E-state index < -0.39 is 0 Å². The lowest BCUT2D eigenvalue weighted by Gasteiger charge is -2.41. The van der Waals surface area contributed by atoms with Gasteiger partial charge in [-0.2, -0.15) is 0 Å². The highest BCUT2D eigenvalue weighted by Crippen LogP contribution is 2.22. The zero-order valence-electron chi connectivity index (χ0n) is 10.2. The van der Waals surface area contributed by atoms with Gasteiger partial charge in [-0.3, -0.25) is 0 Å². The van der Waals surface area contributed by atoms with Crippen molar-refractivity contribution in [1.29, 1.82) is 0 Å².